The normalized spacial score (nSPS) is 9.70. The van der Waals surface area contributed by atoms with Crippen LogP contribution in [0.2, 0.25) is 0 Å². The molecule has 3 nitrogen and oxygen atoms in total. The molecule has 62 valence electrons. The summed E-state index contributed by atoms with van der Waals surface area (Å²) in [5, 5.41) is 7.42. The summed E-state index contributed by atoms with van der Waals surface area (Å²) in [5.74, 6) is -0.833. The van der Waals surface area contributed by atoms with E-state index in [1.165, 1.54) is 0 Å². The molecule has 0 atom stereocenters. The Bertz CT molecular complexity index is 87.5. The van der Waals surface area contributed by atoms with E-state index in [1.54, 1.807) is 7.11 Å². The molecule has 3 heteroatoms. The van der Waals surface area contributed by atoms with Crippen molar-refractivity contribution in [2.24, 2.45) is 0 Å². The minimum atomic E-state index is -0.833. The van der Waals surface area contributed by atoms with Crippen molar-refractivity contribution in [2.45, 2.75) is 33.3 Å². The number of aliphatic carboxylic acids is 1. The Morgan fingerprint density at radius 2 is 1.50 bits per heavy atom. The van der Waals surface area contributed by atoms with E-state index >= 15 is 0 Å². The van der Waals surface area contributed by atoms with Gasteiger partial charge in [-0.2, -0.15) is 0 Å². The lowest BCUT2D eigenvalue weighted by Gasteiger charge is -2.14. The monoisotopic (exact) mass is 148 g/mol. The van der Waals surface area contributed by atoms with Crippen LogP contribution in [0.4, 0.5) is 0 Å². The fraction of sp³-hybridized carbons (Fsp3) is 0.857. The van der Waals surface area contributed by atoms with Crippen LogP contribution in [0.25, 0.3) is 0 Å². The number of carbonyl (C=O) groups is 1. The predicted octanol–water partition coefficient (Wildman–Crippen LogP) is 1.52. The standard InChI is InChI=1S/C5H12O.C2H4O2/c1-5(2,3)6-4;1-2(3)4/h1-4H3;1H3,(H,3,4). The average molecular weight is 148 g/mol. The van der Waals surface area contributed by atoms with Crippen LogP contribution in [-0.4, -0.2) is 23.8 Å². The zero-order valence-corrected chi connectivity index (χ0v) is 7.26. The summed E-state index contributed by atoms with van der Waals surface area (Å²) < 4.78 is 4.94. The van der Waals surface area contributed by atoms with Crippen LogP contribution in [-0.2, 0) is 9.53 Å². The molecule has 0 unspecified atom stereocenters. The minimum absolute atomic E-state index is 0.0417. The Hall–Kier alpha value is -0.570. The smallest absolute Gasteiger partial charge is 0.300 e. The van der Waals surface area contributed by atoms with Crippen molar-refractivity contribution >= 4 is 5.97 Å². The van der Waals surface area contributed by atoms with Gasteiger partial charge in [0.25, 0.3) is 5.97 Å². The molecule has 0 spiro atoms. The molecule has 0 aliphatic rings. The molecule has 0 heterocycles. The lowest BCUT2D eigenvalue weighted by molar-refractivity contribution is -0.134. The molecule has 0 bridgehead atoms. The van der Waals surface area contributed by atoms with E-state index in [-0.39, 0.29) is 5.60 Å². The number of methoxy groups -OCH3 is 1. The third kappa shape index (κ3) is 52.0. The number of hydrogen-bond acceptors (Lipinski definition) is 2. The Kier molecular flexibility index (Phi) is 6.35. The van der Waals surface area contributed by atoms with E-state index < -0.39 is 5.97 Å². The predicted molar refractivity (Wildman–Crippen MR) is 40.1 cm³/mol. The maximum absolute atomic E-state index is 9.00. The lowest BCUT2D eigenvalue weighted by atomic mass is 10.2. The maximum Gasteiger partial charge on any atom is 0.300 e. The average Bonchev–Trinajstić information content (AvgIpc) is 1.63. The summed E-state index contributed by atoms with van der Waals surface area (Å²) in [7, 11) is 1.71. The molecule has 0 amide bonds. The summed E-state index contributed by atoms with van der Waals surface area (Å²) in [6.45, 7) is 7.15. The second kappa shape index (κ2) is 5.23. The first-order chi connectivity index (χ1) is 4.29. The molecule has 0 saturated heterocycles. The minimum Gasteiger partial charge on any atom is -0.481 e. The van der Waals surface area contributed by atoms with Crippen LogP contribution in [0, 0.1) is 0 Å². The Morgan fingerprint density at radius 3 is 1.50 bits per heavy atom. The number of rotatable bonds is 0. The van der Waals surface area contributed by atoms with Gasteiger partial charge in [0.2, 0.25) is 0 Å². The van der Waals surface area contributed by atoms with Crippen LogP contribution < -0.4 is 0 Å². The van der Waals surface area contributed by atoms with E-state index in [0.29, 0.717) is 0 Å². The molecule has 0 aromatic rings. The van der Waals surface area contributed by atoms with Gasteiger partial charge >= 0.3 is 0 Å². The van der Waals surface area contributed by atoms with Gasteiger partial charge in [-0.05, 0) is 20.8 Å². The molecular weight excluding hydrogens is 132 g/mol. The van der Waals surface area contributed by atoms with E-state index in [9.17, 15) is 0 Å². The highest BCUT2D eigenvalue weighted by Gasteiger charge is 2.03. The molecule has 0 fully saturated rings. The SMILES string of the molecule is CC(=O)O.COC(C)(C)C. The fourth-order valence-corrected chi connectivity index (χ4v) is 0. The van der Waals surface area contributed by atoms with Gasteiger partial charge in [0.1, 0.15) is 0 Å². The van der Waals surface area contributed by atoms with Gasteiger partial charge in [0.05, 0.1) is 5.60 Å². The molecular formula is C7H16O3. The van der Waals surface area contributed by atoms with E-state index in [1.807, 2.05) is 20.8 Å². The topological polar surface area (TPSA) is 46.5 Å². The van der Waals surface area contributed by atoms with Crippen molar-refractivity contribution in [3.63, 3.8) is 0 Å². The third-order valence-corrected chi connectivity index (χ3v) is 0.612. The maximum atomic E-state index is 9.00. The molecule has 0 aliphatic heterocycles. The van der Waals surface area contributed by atoms with E-state index in [0.717, 1.165) is 6.92 Å². The van der Waals surface area contributed by atoms with E-state index in [2.05, 4.69) is 0 Å². The highest BCUT2D eigenvalue weighted by atomic mass is 16.5. The molecule has 0 radical (unpaired) electrons. The molecule has 0 aromatic heterocycles. The second-order valence-electron chi connectivity index (χ2n) is 2.84. The third-order valence-electron chi connectivity index (χ3n) is 0.612. The number of carboxylic acid groups (broad SMARTS) is 1. The van der Waals surface area contributed by atoms with Crippen molar-refractivity contribution in [1.82, 2.24) is 0 Å². The fourth-order valence-electron chi connectivity index (χ4n) is 0. The van der Waals surface area contributed by atoms with Crippen molar-refractivity contribution < 1.29 is 14.6 Å². The molecule has 0 aliphatic carbocycles. The molecule has 0 aromatic carbocycles. The first-order valence-corrected chi connectivity index (χ1v) is 3.04. The summed E-state index contributed by atoms with van der Waals surface area (Å²) in [6, 6.07) is 0. The van der Waals surface area contributed by atoms with Crippen molar-refractivity contribution in [3.8, 4) is 0 Å². The second-order valence-corrected chi connectivity index (χ2v) is 2.84. The number of ether oxygens (including phenoxy) is 1. The summed E-state index contributed by atoms with van der Waals surface area (Å²) in [6.07, 6.45) is 0. The van der Waals surface area contributed by atoms with Gasteiger partial charge in [-0.1, -0.05) is 0 Å². The van der Waals surface area contributed by atoms with Crippen LogP contribution >= 0.6 is 0 Å². The number of carboxylic acids is 1. The Morgan fingerprint density at radius 1 is 1.40 bits per heavy atom. The Labute approximate surface area is 62.0 Å². The highest BCUT2D eigenvalue weighted by molar-refractivity contribution is 5.62. The van der Waals surface area contributed by atoms with Crippen LogP contribution in [0.15, 0.2) is 0 Å². The van der Waals surface area contributed by atoms with Crippen molar-refractivity contribution in [2.75, 3.05) is 7.11 Å². The molecule has 0 rings (SSSR count). The van der Waals surface area contributed by atoms with Crippen molar-refractivity contribution in [1.29, 1.82) is 0 Å². The van der Waals surface area contributed by atoms with E-state index in [4.69, 9.17) is 14.6 Å². The van der Waals surface area contributed by atoms with Crippen molar-refractivity contribution in [3.05, 3.63) is 0 Å². The van der Waals surface area contributed by atoms with Crippen LogP contribution in [0.5, 0.6) is 0 Å². The zero-order valence-electron chi connectivity index (χ0n) is 7.26. The molecule has 10 heavy (non-hydrogen) atoms. The first-order valence-electron chi connectivity index (χ1n) is 3.04. The van der Waals surface area contributed by atoms with Gasteiger partial charge in [0, 0.05) is 14.0 Å². The summed E-state index contributed by atoms with van der Waals surface area (Å²) in [4.78, 5) is 9.00. The highest BCUT2D eigenvalue weighted by Crippen LogP contribution is 2.02. The van der Waals surface area contributed by atoms with Gasteiger partial charge in [-0.15, -0.1) is 0 Å². The number of hydrogen-bond donors (Lipinski definition) is 1. The van der Waals surface area contributed by atoms with Gasteiger partial charge in [0.15, 0.2) is 0 Å². The molecule has 1 N–H and O–H groups in total. The van der Waals surface area contributed by atoms with Crippen LogP contribution in [0.1, 0.15) is 27.7 Å². The molecule has 0 saturated carbocycles. The van der Waals surface area contributed by atoms with Crippen LogP contribution in [0.3, 0.4) is 0 Å². The first kappa shape index (κ1) is 12.1. The quantitative estimate of drug-likeness (QED) is 0.566. The Balaban J connectivity index is 0. The van der Waals surface area contributed by atoms with Gasteiger partial charge < -0.3 is 9.84 Å². The largest absolute Gasteiger partial charge is 0.481 e. The zero-order chi connectivity index (χ0) is 8.78. The summed E-state index contributed by atoms with van der Waals surface area (Å²) >= 11 is 0. The van der Waals surface area contributed by atoms with Gasteiger partial charge in [-0.3, -0.25) is 4.79 Å². The summed E-state index contributed by atoms with van der Waals surface area (Å²) in [5.41, 5.74) is 0.0417. The lowest BCUT2D eigenvalue weighted by Crippen LogP contribution is -2.15. The van der Waals surface area contributed by atoms with Gasteiger partial charge in [-0.25, -0.2) is 0 Å².